The lowest BCUT2D eigenvalue weighted by Gasteiger charge is -2.27. The molecule has 1 heterocycles. The summed E-state index contributed by atoms with van der Waals surface area (Å²) in [4.78, 5) is 20.3. The van der Waals surface area contributed by atoms with Crippen LogP contribution in [-0.2, 0) is 6.42 Å². The lowest BCUT2D eigenvalue weighted by Crippen LogP contribution is -2.25. The van der Waals surface area contributed by atoms with Gasteiger partial charge < -0.3 is 15.2 Å². The Labute approximate surface area is 182 Å². The van der Waals surface area contributed by atoms with Crippen LogP contribution in [0.1, 0.15) is 46.3 Å². The van der Waals surface area contributed by atoms with Gasteiger partial charge >= 0.3 is 5.97 Å². The summed E-state index contributed by atoms with van der Waals surface area (Å²) in [6, 6.07) is 13.5. The number of nitrogens with one attached hydrogen (secondary N) is 1. The first kappa shape index (κ1) is 20.8. The van der Waals surface area contributed by atoms with Crippen LogP contribution in [0.4, 0.5) is 5.82 Å². The van der Waals surface area contributed by atoms with E-state index in [0.717, 1.165) is 49.3 Å². The van der Waals surface area contributed by atoms with Crippen molar-refractivity contribution in [1.82, 2.24) is 9.97 Å². The zero-order chi connectivity index (χ0) is 21.8. The number of ether oxygens (including phenoxy) is 1. The molecule has 1 aromatic heterocycles. The quantitative estimate of drug-likeness (QED) is 0.534. The van der Waals surface area contributed by atoms with Gasteiger partial charge in [-0.25, -0.2) is 14.8 Å². The van der Waals surface area contributed by atoms with Crippen molar-refractivity contribution in [2.45, 2.75) is 45.6 Å². The molecule has 160 valence electrons. The molecule has 0 unspecified atom stereocenters. The van der Waals surface area contributed by atoms with Crippen molar-refractivity contribution in [3.63, 3.8) is 0 Å². The maximum absolute atomic E-state index is 11.6. The second-order valence-corrected chi connectivity index (χ2v) is 8.07. The van der Waals surface area contributed by atoms with E-state index < -0.39 is 5.97 Å². The molecule has 0 aliphatic heterocycles. The minimum atomic E-state index is -0.989. The van der Waals surface area contributed by atoms with Crippen molar-refractivity contribution in [1.29, 1.82) is 0 Å². The van der Waals surface area contributed by atoms with Crippen molar-refractivity contribution in [3.05, 3.63) is 71.0 Å². The highest BCUT2D eigenvalue weighted by Crippen LogP contribution is 2.31. The van der Waals surface area contributed by atoms with Crippen molar-refractivity contribution in [2.75, 3.05) is 11.9 Å². The van der Waals surface area contributed by atoms with Crippen LogP contribution in [0.15, 0.2) is 48.8 Å². The molecule has 0 saturated heterocycles. The Bertz CT molecular complexity index is 1090. The lowest BCUT2D eigenvalue weighted by atomic mass is 9.96. The van der Waals surface area contributed by atoms with Gasteiger partial charge in [0.15, 0.2) is 0 Å². The average molecular weight is 418 g/mol. The third-order valence-electron chi connectivity index (χ3n) is 5.81. The molecule has 1 saturated carbocycles. The molecule has 3 aromatic rings. The number of aromatic nitrogens is 2. The van der Waals surface area contributed by atoms with Gasteiger partial charge in [-0.3, -0.25) is 0 Å². The van der Waals surface area contributed by atoms with Crippen LogP contribution in [0.5, 0.6) is 5.75 Å². The van der Waals surface area contributed by atoms with Gasteiger partial charge in [0, 0.05) is 18.2 Å². The van der Waals surface area contributed by atoms with Gasteiger partial charge in [-0.05, 0) is 68.4 Å². The van der Waals surface area contributed by atoms with Gasteiger partial charge in [0.25, 0.3) is 0 Å². The standard InChI is InChI=1S/C25H27N3O3/c1-16-6-7-18(12-17(16)2)10-11-26-24-14-22(27-15-28-24)19-8-9-21(25(29)30)23(13-19)31-20-4-3-5-20/h6-9,12-15,20H,3-5,10-11H2,1-2H3,(H,29,30)(H,26,27,28). The topological polar surface area (TPSA) is 84.3 Å². The summed E-state index contributed by atoms with van der Waals surface area (Å²) < 4.78 is 5.93. The fourth-order valence-electron chi connectivity index (χ4n) is 3.53. The second-order valence-electron chi connectivity index (χ2n) is 8.07. The summed E-state index contributed by atoms with van der Waals surface area (Å²) in [6.45, 7) is 5.00. The van der Waals surface area contributed by atoms with Gasteiger partial charge in [0.2, 0.25) is 0 Å². The van der Waals surface area contributed by atoms with E-state index in [1.807, 2.05) is 6.07 Å². The normalized spacial score (nSPS) is 13.5. The molecule has 4 rings (SSSR count). The third kappa shape index (κ3) is 5.02. The molecule has 0 bridgehead atoms. The van der Waals surface area contributed by atoms with E-state index >= 15 is 0 Å². The number of nitrogens with zero attached hydrogens (tertiary/aromatic N) is 2. The van der Waals surface area contributed by atoms with Crippen LogP contribution in [0, 0.1) is 13.8 Å². The Morgan fingerprint density at radius 3 is 2.65 bits per heavy atom. The Hall–Kier alpha value is -3.41. The molecule has 6 nitrogen and oxygen atoms in total. The number of rotatable bonds is 8. The minimum Gasteiger partial charge on any atom is -0.490 e. The van der Waals surface area contributed by atoms with E-state index in [1.165, 1.54) is 23.0 Å². The molecule has 1 fully saturated rings. The molecule has 1 aliphatic carbocycles. The van der Waals surface area contributed by atoms with Crippen molar-refractivity contribution < 1.29 is 14.6 Å². The molecule has 0 amide bonds. The summed E-state index contributed by atoms with van der Waals surface area (Å²) in [6.07, 6.45) is 5.56. The number of hydrogen-bond acceptors (Lipinski definition) is 5. The van der Waals surface area contributed by atoms with E-state index in [4.69, 9.17) is 4.74 Å². The highest BCUT2D eigenvalue weighted by Gasteiger charge is 2.22. The van der Waals surface area contributed by atoms with E-state index in [1.54, 1.807) is 18.2 Å². The van der Waals surface area contributed by atoms with Gasteiger partial charge in [-0.1, -0.05) is 24.3 Å². The molecule has 2 aromatic carbocycles. The van der Waals surface area contributed by atoms with Crippen LogP contribution in [0.25, 0.3) is 11.3 Å². The highest BCUT2D eigenvalue weighted by atomic mass is 16.5. The fraction of sp³-hybridized carbons (Fsp3) is 0.320. The third-order valence-corrected chi connectivity index (χ3v) is 5.81. The van der Waals surface area contributed by atoms with Crippen molar-refractivity contribution >= 4 is 11.8 Å². The molecule has 1 aliphatic rings. The first-order chi connectivity index (χ1) is 15.0. The Balaban J connectivity index is 1.47. The number of carboxylic acids is 1. The first-order valence-corrected chi connectivity index (χ1v) is 10.7. The highest BCUT2D eigenvalue weighted by molar-refractivity contribution is 5.92. The zero-order valence-electron chi connectivity index (χ0n) is 17.9. The SMILES string of the molecule is Cc1ccc(CCNc2cc(-c3ccc(C(=O)O)c(OC4CCC4)c3)ncn2)cc1C. The molecule has 0 atom stereocenters. The van der Waals surface area contributed by atoms with Crippen LogP contribution in [0.2, 0.25) is 0 Å². The largest absolute Gasteiger partial charge is 0.490 e. The van der Waals surface area contributed by atoms with Crippen LogP contribution >= 0.6 is 0 Å². The zero-order valence-corrected chi connectivity index (χ0v) is 17.9. The maximum Gasteiger partial charge on any atom is 0.339 e. The molecule has 6 heteroatoms. The molecule has 0 radical (unpaired) electrons. The second kappa shape index (κ2) is 9.16. The van der Waals surface area contributed by atoms with Crippen LogP contribution in [0.3, 0.4) is 0 Å². The summed E-state index contributed by atoms with van der Waals surface area (Å²) >= 11 is 0. The van der Waals surface area contributed by atoms with Gasteiger partial charge in [0.1, 0.15) is 23.5 Å². The Kier molecular flexibility index (Phi) is 6.16. The lowest BCUT2D eigenvalue weighted by molar-refractivity contribution is 0.0680. The number of benzene rings is 2. The molecule has 31 heavy (non-hydrogen) atoms. The first-order valence-electron chi connectivity index (χ1n) is 10.7. The maximum atomic E-state index is 11.6. The Morgan fingerprint density at radius 1 is 1.10 bits per heavy atom. The van der Waals surface area contributed by atoms with Gasteiger partial charge in [-0.2, -0.15) is 0 Å². The van der Waals surface area contributed by atoms with E-state index in [9.17, 15) is 9.90 Å². The van der Waals surface area contributed by atoms with Crippen molar-refractivity contribution in [3.8, 4) is 17.0 Å². The Morgan fingerprint density at radius 2 is 1.94 bits per heavy atom. The van der Waals surface area contributed by atoms with E-state index in [-0.39, 0.29) is 11.7 Å². The molecule has 2 N–H and O–H groups in total. The number of carbonyl (C=O) groups is 1. The van der Waals surface area contributed by atoms with Crippen LogP contribution < -0.4 is 10.1 Å². The number of hydrogen-bond donors (Lipinski definition) is 2. The molecular weight excluding hydrogens is 390 g/mol. The predicted octanol–water partition coefficient (Wildman–Crippen LogP) is 5.04. The van der Waals surface area contributed by atoms with E-state index in [2.05, 4.69) is 47.3 Å². The predicted molar refractivity (Wildman–Crippen MR) is 121 cm³/mol. The van der Waals surface area contributed by atoms with Gasteiger partial charge in [0.05, 0.1) is 11.8 Å². The average Bonchev–Trinajstić information content (AvgIpc) is 2.73. The smallest absolute Gasteiger partial charge is 0.339 e. The summed E-state index contributed by atoms with van der Waals surface area (Å²) in [5, 5.41) is 12.8. The molecular formula is C25H27N3O3. The van der Waals surface area contributed by atoms with Crippen LogP contribution in [-0.4, -0.2) is 33.7 Å². The van der Waals surface area contributed by atoms with Gasteiger partial charge in [-0.15, -0.1) is 0 Å². The minimum absolute atomic E-state index is 0.0985. The number of anilines is 1. The summed E-state index contributed by atoms with van der Waals surface area (Å²) in [7, 11) is 0. The molecule has 0 spiro atoms. The van der Waals surface area contributed by atoms with E-state index in [0.29, 0.717) is 5.75 Å². The number of aryl methyl sites for hydroxylation is 2. The fourth-order valence-corrected chi connectivity index (χ4v) is 3.53. The number of aromatic carboxylic acids is 1. The summed E-state index contributed by atoms with van der Waals surface area (Å²) in [5.41, 5.74) is 5.58. The number of carboxylic acid groups (broad SMARTS) is 1. The summed E-state index contributed by atoms with van der Waals surface area (Å²) in [5.74, 6) is 0.146. The van der Waals surface area contributed by atoms with Crippen molar-refractivity contribution in [2.24, 2.45) is 0 Å². The monoisotopic (exact) mass is 417 g/mol.